The van der Waals surface area contributed by atoms with E-state index < -0.39 is 34.5 Å². The van der Waals surface area contributed by atoms with E-state index in [0.29, 0.717) is 4.90 Å². The number of nitrogens with zero attached hydrogens (tertiary/aromatic N) is 2. The van der Waals surface area contributed by atoms with Crippen molar-refractivity contribution in [2.45, 2.75) is 31.2 Å². The van der Waals surface area contributed by atoms with Crippen molar-refractivity contribution in [3.8, 4) is 0 Å². The van der Waals surface area contributed by atoms with Gasteiger partial charge in [0.25, 0.3) is 5.78 Å². The SMILES string of the molecule is C=CCOC(=O)C(=[N+]=[N-])C(=O)C[C@@H](N[S@@](=O)c1ccc(C)cc1)c1ccccc1C. The van der Waals surface area contributed by atoms with Crippen LogP contribution in [0.3, 0.4) is 0 Å². The molecule has 0 bridgehead atoms. The molecule has 0 fully saturated rings. The van der Waals surface area contributed by atoms with Gasteiger partial charge in [0.15, 0.2) is 0 Å². The van der Waals surface area contributed by atoms with E-state index in [2.05, 4.69) is 16.1 Å². The second-order valence-corrected chi connectivity index (χ2v) is 7.82. The topological polar surface area (TPSA) is 109 Å². The molecule has 0 aliphatic carbocycles. The molecule has 2 atom stereocenters. The molecular weight excluding hydrogens is 402 g/mol. The summed E-state index contributed by atoms with van der Waals surface area (Å²) in [6.45, 7) is 7.09. The van der Waals surface area contributed by atoms with Gasteiger partial charge in [-0.2, -0.15) is 4.79 Å². The van der Waals surface area contributed by atoms with Gasteiger partial charge in [0, 0.05) is 6.42 Å². The molecule has 0 saturated carbocycles. The highest BCUT2D eigenvalue weighted by Crippen LogP contribution is 2.23. The van der Waals surface area contributed by atoms with Gasteiger partial charge < -0.3 is 10.3 Å². The normalized spacial score (nSPS) is 12.3. The largest absolute Gasteiger partial charge is 0.453 e. The number of benzene rings is 2. The number of carbonyl (C=O) groups excluding carboxylic acids is 2. The number of ether oxygens (including phenoxy) is 1. The molecule has 2 rings (SSSR count). The Labute approximate surface area is 178 Å². The van der Waals surface area contributed by atoms with Crippen molar-refractivity contribution in [2.24, 2.45) is 0 Å². The van der Waals surface area contributed by atoms with Crippen LogP contribution in [0.25, 0.3) is 5.53 Å². The van der Waals surface area contributed by atoms with Crippen LogP contribution in [0.1, 0.15) is 29.2 Å². The van der Waals surface area contributed by atoms with Crippen LogP contribution in [0, 0.1) is 13.8 Å². The highest BCUT2D eigenvalue weighted by atomic mass is 32.2. The Bertz CT molecular complexity index is 1010. The van der Waals surface area contributed by atoms with Crippen LogP contribution in [-0.2, 0) is 25.3 Å². The lowest BCUT2D eigenvalue weighted by molar-refractivity contribution is -0.141. The highest BCUT2D eigenvalue weighted by molar-refractivity contribution is 7.83. The van der Waals surface area contributed by atoms with E-state index in [0.717, 1.165) is 16.7 Å². The summed E-state index contributed by atoms with van der Waals surface area (Å²) in [5.74, 6) is -1.79. The Morgan fingerprint density at radius 1 is 1.20 bits per heavy atom. The van der Waals surface area contributed by atoms with E-state index in [4.69, 9.17) is 10.3 Å². The highest BCUT2D eigenvalue weighted by Gasteiger charge is 2.34. The van der Waals surface area contributed by atoms with Crippen molar-refractivity contribution in [1.29, 1.82) is 0 Å². The molecule has 0 heterocycles. The molecule has 0 aromatic heterocycles. The quantitative estimate of drug-likeness (QED) is 0.158. The summed E-state index contributed by atoms with van der Waals surface area (Å²) >= 11 is 0. The lowest BCUT2D eigenvalue weighted by Crippen LogP contribution is -2.33. The van der Waals surface area contributed by atoms with Crippen molar-refractivity contribution >= 4 is 28.4 Å². The van der Waals surface area contributed by atoms with Crippen LogP contribution in [0.2, 0.25) is 0 Å². The number of nitrogens with one attached hydrogen (secondary N) is 1. The summed E-state index contributed by atoms with van der Waals surface area (Å²) in [4.78, 5) is 28.0. The first-order chi connectivity index (χ1) is 14.4. The molecule has 2 aromatic carbocycles. The first-order valence-electron chi connectivity index (χ1n) is 9.20. The average molecular weight is 426 g/mol. The van der Waals surface area contributed by atoms with E-state index in [-0.39, 0.29) is 13.0 Å². The number of carbonyl (C=O) groups is 2. The maximum atomic E-state index is 12.9. The third kappa shape index (κ3) is 6.15. The molecule has 1 N–H and O–H groups in total. The molecule has 0 amide bonds. The van der Waals surface area contributed by atoms with Gasteiger partial charge in [0.2, 0.25) is 0 Å². The zero-order valence-corrected chi connectivity index (χ0v) is 17.6. The smallest absolute Gasteiger partial charge is 0.441 e. The summed E-state index contributed by atoms with van der Waals surface area (Å²) in [6, 6.07) is 13.8. The fraction of sp³-hybridized carbons (Fsp3) is 0.227. The second kappa shape index (κ2) is 11.1. The third-order valence-electron chi connectivity index (χ3n) is 4.33. The van der Waals surface area contributed by atoms with Crippen LogP contribution in [-0.4, -0.2) is 33.1 Å². The molecule has 0 saturated heterocycles. The number of esters is 1. The van der Waals surface area contributed by atoms with Gasteiger partial charge in [-0.3, -0.25) is 4.79 Å². The van der Waals surface area contributed by atoms with Crippen LogP contribution >= 0.6 is 0 Å². The molecule has 0 spiro atoms. The van der Waals surface area contributed by atoms with E-state index >= 15 is 0 Å². The summed E-state index contributed by atoms with van der Waals surface area (Å²) in [6.07, 6.45) is 1.07. The molecule has 0 aliphatic rings. The Morgan fingerprint density at radius 2 is 1.87 bits per heavy atom. The molecular formula is C22H23N3O4S. The second-order valence-electron chi connectivity index (χ2n) is 6.57. The number of aryl methyl sites for hydroxylation is 2. The standard InChI is InChI=1S/C22H23N3O4S/c1-4-13-29-22(27)21(24-23)20(26)14-19(18-8-6-5-7-16(18)3)25-30(28)17-11-9-15(2)10-12-17/h4-12,19,25H,1,13-14H2,2-3H3/t19-,30+/m1/s1. The van der Waals surface area contributed by atoms with E-state index in [1.807, 2.05) is 38.1 Å². The number of hydrogen-bond donors (Lipinski definition) is 1. The van der Waals surface area contributed by atoms with Crippen LogP contribution < -0.4 is 4.72 Å². The Hall–Kier alpha value is -3.19. The van der Waals surface area contributed by atoms with Crippen molar-refractivity contribution < 1.29 is 23.3 Å². The maximum absolute atomic E-state index is 12.9. The molecule has 0 radical (unpaired) electrons. The monoisotopic (exact) mass is 425 g/mol. The summed E-state index contributed by atoms with van der Waals surface area (Å²) in [5.41, 5.74) is 11.1. The Balaban J connectivity index is 2.29. The molecule has 156 valence electrons. The predicted molar refractivity (Wildman–Crippen MR) is 114 cm³/mol. The van der Waals surface area contributed by atoms with Crippen molar-refractivity contribution in [3.63, 3.8) is 0 Å². The minimum Gasteiger partial charge on any atom is -0.453 e. The van der Waals surface area contributed by atoms with Crippen LogP contribution in [0.4, 0.5) is 0 Å². The van der Waals surface area contributed by atoms with Crippen LogP contribution in [0.5, 0.6) is 0 Å². The molecule has 8 heteroatoms. The van der Waals surface area contributed by atoms with E-state index in [1.54, 1.807) is 24.3 Å². The van der Waals surface area contributed by atoms with Gasteiger partial charge in [-0.15, -0.1) is 0 Å². The first-order valence-corrected chi connectivity index (χ1v) is 10.4. The van der Waals surface area contributed by atoms with Gasteiger partial charge in [0.1, 0.15) is 17.6 Å². The molecule has 0 unspecified atom stereocenters. The number of ketones is 1. The number of Topliss-reactive ketones (excluding diaryl/α,β-unsaturated/α-hetero) is 1. The zero-order chi connectivity index (χ0) is 22.1. The number of rotatable bonds is 10. The van der Waals surface area contributed by atoms with E-state index in [1.165, 1.54) is 6.08 Å². The fourth-order valence-corrected chi connectivity index (χ4v) is 3.74. The minimum absolute atomic E-state index is 0.123. The van der Waals surface area contributed by atoms with Gasteiger partial charge in [-0.1, -0.05) is 54.6 Å². The van der Waals surface area contributed by atoms with Crippen molar-refractivity contribution in [1.82, 2.24) is 4.72 Å². The summed E-state index contributed by atoms with van der Waals surface area (Å²) in [7, 11) is -1.61. The average Bonchev–Trinajstić information content (AvgIpc) is 2.73. The van der Waals surface area contributed by atoms with Gasteiger partial charge in [-0.05, 0) is 37.1 Å². The Morgan fingerprint density at radius 3 is 2.47 bits per heavy atom. The van der Waals surface area contributed by atoms with Gasteiger partial charge in [0.05, 0.1) is 10.9 Å². The maximum Gasteiger partial charge on any atom is 0.441 e. The summed E-state index contributed by atoms with van der Waals surface area (Å²) in [5, 5.41) is 0. The zero-order valence-electron chi connectivity index (χ0n) is 16.8. The lowest BCUT2D eigenvalue weighted by Gasteiger charge is -2.19. The third-order valence-corrected chi connectivity index (χ3v) is 5.53. The van der Waals surface area contributed by atoms with E-state index in [9.17, 15) is 13.8 Å². The van der Waals surface area contributed by atoms with Crippen molar-refractivity contribution in [2.75, 3.05) is 6.61 Å². The molecule has 7 nitrogen and oxygen atoms in total. The Kier molecular flexibility index (Phi) is 8.55. The summed E-state index contributed by atoms with van der Waals surface area (Å²) < 4.78 is 20.6. The van der Waals surface area contributed by atoms with Gasteiger partial charge in [-0.25, -0.2) is 13.7 Å². The van der Waals surface area contributed by atoms with Crippen LogP contribution in [0.15, 0.2) is 66.1 Å². The van der Waals surface area contributed by atoms with Gasteiger partial charge >= 0.3 is 11.7 Å². The van der Waals surface area contributed by atoms with Crippen molar-refractivity contribution in [3.05, 3.63) is 83.4 Å². The lowest BCUT2D eigenvalue weighted by atomic mass is 9.96. The first kappa shape index (κ1) is 23.1. The molecule has 2 aromatic rings. The minimum atomic E-state index is -1.61. The fourth-order valence-electron chi connectivity index (χ4n) is 2.75. The molecule has 0 aliphatic heterocycles. The molecule has 30 heavy (non-hydrogen) atoms. The number of hydrogen-bond acceptors (Lipinski definition) is 4. The predicted octanol–water partition coefficient (Wildman–Crippen LogP) is 3.02.